The minimum absolute atomic E-state index is 0.460. The van der Waals surface area contributed by atoms with Crippen LogP contribution >= 0.6 is 31.3 Å². The first-order valence-corrected chi connectivity index (χ1v) is 11.7. The van der Waals surface area contributed by atoms with Crippen molar-refractivity contribution in [1.29, 1.82) is 0 Å². The van der Waals surface area contributed by atoms with Crippen molar-refractivity contribution in [1.82, 2.24) is 0 Å². The minimum Gasteiger partial charge on any atom is -0.400 e. The first-order chi connectivity index (χ1) is 11.4. The Balaban J connectivity index is 3.72. The van der Waals surface area contributed by atoms with Gasteiger partial charge in [0.05, 0.1) is 0 Å². The van der Waals surface area contributed by atoms with Crippen LogP contribution in [-0.2, 0) is 18.3 Å². The molecule has 26 heavy (non-hydrogen) atoms. The van der Waals surface area contributed by atoms with E-state index in [0.717, 1.165) is 0 Å². The van der Waals surface area contributed by atoms with Gasteiger partial charge in [-0.15, -0.1) is 0 Å². The average Bonchev–Trinajstić information content (AvgIpc) is 2.30. The molecule has 0 saturated heterocycles. The third-order valence-electron chi connectivity index (χ3n) is 1.89. The maximum atomic E-state index is 11.0. The van der Waals surface area contributed by atoms with Crippen molar-refractivity contribution in [3.8, 4) is 23.0 Å². The largest absolute Gasteiger partial charge is 0.525 e. The first kappa shape index (κ1) is 23.1. The minimum atomic E-state index is -5.56. The zero-order valence-corrected chi connectivity index (χ0v) is 15.4. The zero-order chi connectivity index (χ0) is 20.6. The summed E-state index contributed by atoms with van der Waals surface area (Å²) in [6.07, 6.45) is 0. The van der Waals surface area contributed by atoms with Gasteiger partial charge in [0, 0.05) is 0 Å². The predicted molar refractivity (Wildman–Crippen MR) is 77.1 cm³/mol. The van der Waals surface area contributed by atoms with Gasteiger partial charge < -0.3 is 18.1 Å². The van der Waals surface area contributed by atoms with Crippen molar-refractivity contribution in [3.05, 3.63) is 12.1 Å². The van der Waals surface area contributed by atoms with Crippen LogP contribution in [-0.4, -0.2) is 39.1 Å². The van der Waals surface area contributed by atoms with E-state index in [-0.39, 0.29) is 0 Å². The third kappa shape index (κ3) is 8.60. The molecule has 1 rings (SSSR count). The molecule has 150 valence electrons. The van der Waals surface area contributed by atoms with Gasteiger partial charge in [0.25, 0.3) is 0 Å². The molecule has 0 bridgehead atoms. The predicted octanol–water partition coefficient (Wildman–Crippen LogP) is -0.427. The van der Waals surface area contributed by atoms with Crippen molar-refractivity contribution in [3.63, 3.8) is 0 Å². The van der Waals surface area contributed by atoms with E-state index in [1.165, 1.54) is 0 Å². The quantitative estimate of drug-likeness (QED) is 0.228. The highest BCUT2D eigenvalue weighted by molar-refractivity contribution is 7.47. The summed E-state index contributed by atoms with van der Waals surface area (Å²) in [5.41, 5.74) is 0. The second-order valence-electron chi connectivity index (χ2n) is 4.05. The Morgan fingerprint density at radius 2 is 0.731 bits per heavy atom. The van der Waals surface area contributed by atoms with E-state index in [9.17, 15) is 18.3 Å². The molecule has 0 spiro atoms. The van der Waals surface area contributed by atoms with Crippen molar-refractivity contribution in [2.45, 2.75) is 0 Å². The lowest BCUT2D eigenvalue weighted by Crippen LogP contribution is -2.02. The van der Waals surface area contributed by atoms with Crippen LogP contribution in [0.4, 0.5) is 0 Å². The molecule has 0 aliphatic carbocycles. The fourth-order valence-electron chi connectivity index (χ4n) is 1.34. The maximum Gasteiger partial charge on any atom is 0.525 e. The van der Waals surface area contributed by atoms with Gasteiger partial charge in [-0.3, -0.25) is 39.1 Å². The van der Waals surface area contributed by atoms with Crippen molar-refractivity contribution in [2.24, 2.45) is 0 Å². The van der Waals surface area contributed by atoms with Crippen LogP contribution in [0.25, 0.3) is 0 Å². The van der Waals surface area contributed by atoms with E-state index in [1.807, 2.05) is 0 Å². The molecule has 0 saturated carbocycles. The molecule has 0 fully saturated rings. The van der Waals surface area contributed by atoms with Gasteiger partial charge in [0.1, 0.15) is 0 Å². The van der Waals surface area contributed by atoms with Crippen molar-refractivity contribution >= 4 is 31.3 Å². The fourth-order valence-corrected chi connectivity index (χ4v) is 2.96. The monoisotopic (exact) mass is 462 g/mol. The van der Waals surface area contributed by atoms with Crippen LogP contribution in [0.2, 0.25) is 0 Å². The fraction of sp³-hybridized carbons (Fsp3) is 0. The molecule has 0 atom stereocenters. The highest BCUT2D eigenvalue weighted by Crippen LogP contribution is 2.58. The lowest BCUT2D eigenvalue weighted by Gasteiger charge is -2.20. The van der Waals surface area contributed by atoms with Crippen molar-refractivity contribution in [2.75, 3.05) is 0 Å². The van der Waals surface area contributed by atoms with Gasteiger partial charge in [-0.05, 0) is 12.1 Å². The van der Waals surface area contributed by atoms with E-state index in [4.69, 9.17) is 39.1 Å². The van der Waals surface area contributed by atoms with Gasteiger partial charge in [0.2, 0.25) is 11.5 Å². The van der Waals surface area contributed by atoms with Gasteiger partial charge in [0.15, 0.2) is 11.5 Å². The zero-order valence-electron chi connectivity index (χ0n) is 11.8. The Labute approximate surface area is 142 Å². The van der Waals surface area contributed by atoms with E-state index >= 15 is 0 Å². The van der Waals surface area contributed by atoms with E-state index in [1.54, 1.807) is 0 Å². The molecule has 0 amide bonds. The Kier molecular flexibility index (Phi) is 6.71. The number of hydrogen-bond acceptors (Lipinski definition) is 8. The summed E-state index contributed by atoms with van der Waals surface area (Å²) in [6, 6.07) is 0.920. The summed E-state index contributed by atoms with van der Waals surface area (Å²) < 4.78 is 59.9. The number of phosphoric ester groups is 4. The second kappa shape index (κ2) is 7.56. The molecule has 0 aromatic heterocycles. The van der Waals surface area contributed by atoms with Gasteiger partial charge in [-0.2, -0.15) is 0 Å². The summed E-state index contributed by atoms with van der Waals surface area (Å²) >= 11 is 0. The van der Waals surface area contributed by atoms with Crippen LogP contribution < -0.4 is 18.1 Å². The van der Waals surface area contributed by atoms with Gasteiger partial charge in [-0.25, -0.2) is 18.3 Å². The van der Waals surface area contributed by atoms with Crippen LogP contribution in [0.15, 0.2) is 12.1 Å². The normalized spacial score (nSPS) is 13.2. The number of phosphoric acid groups is 4. The Bertz CT molecular complexity index is 781. The molecular formula is C6H10O16P4. The topological polar surface area (TPSA) is 267 Å². The Morgan fingerprint density at radius 3 is 0.923 bits per heavy atom. The highest BCUT2D eigenvalue weighted by atomic mass is 31.2. The van der Waals surface area contributed by atoms with E-state index in [0.29, 0.717) is 12.1 Å². The van der Waals surface area contributed by atoms with Crippen LogP contribution in [0, 0.1) is 0 Å². The summed E-state index contributed by atoms with van der Waals surface area (Å²) in [7, 11) is -21.9. The lowest BCUT2D eigenvalue weighted by atomic mass is 10.3. The van der Waals surface area contributed by atoms with Gasteiger partial charge in [-0.1, -0.05) is 0 Å². The smallest absolute Gasteiger partial charge is 0.400 e. The number of benzene rings is 1. The molecule has 1 aromatic carbocycles. The van der Waals surface area contributed by atoms with Crippen molar-refractivity contribution < 1.29 is 75.5 Å². The number of hydrogen-bond donors (Lipinski definition) is 8. The molecule has 0 heterocycles. The molecule has 16 nitrogen and oxygen atoms in total. The Morgan fingerprint density at radius 1 is 0.500 bits per heavy atom. The average molecular weight is 462 g/mol. The summed E-state index contributed by atoms with van der Waals surface area (Å²) in [5.74, 6) is -5.45. The summed E-state index contributed by atoms with van der Waals surface area (Å²) in [4.78, 5) is 70.4. The van der Waals surface area contributed by atoms with Crippen LogP contribution in [0.1, 0.15) is 0 Å². The standard InChI is InChI=1S/C6H10O16P4/c7-23(8,9)19-3-1-2-4(20-24(10,11)12)6(22-26(16,17)18)5(3)21-25(13,14)15/h1-2H,(H2,7,8,9)(H2,10,11,12)(H2,13,14,15)(H2,16,17,18). The molecule has 0 aliphatic rings. The lowest BCUT2D eigenvalue weighted by molar-refractivity contribution is 0.246. The molecule has 8 N–H and O–H groups in total. The second-order valence-corrected chi connectivity index (χ2v) is 8.70. The maximum absolute atomic E-state index is 11.0. The molecule has 0 radical (unpaired) electrons. The van der Waals surface area contributed by atoms with Crippen LogP contribution in [0.5, 0.6) is 23.0 Å². The molecule has 1 aromatic rings. The van der Waals surface area contributed by atoms with Gasteiger partial charge >= 0.3 is 31.3 Å². The van der Waals surface area contributed by atoms with E-state index < -0.39 is 54.3 Å². The number of rotatable bonds is 8. The first-order valence-electron chi connectivity index (χ1n) is 5.54. The third-order valence-corrected chi connectivity index (χ3v) is 3.60. The highest BCUT2D eigenvalue weighted by Gasteiger charge is 2.34. The molecule has 20 heteroatoms. The molecule has 0 unspecified atom stereocenters. The van der Waals surface area contributed by atoms with E-state index in [2.05, 4.69) is 18.1 Å². The SMILES string of the molecule is O=P(O)(O)Oc1ccc(OP(=O)(O)O)c(OP(=O)(O)O)c1OP(=O)(O)O. The Hall–Kier alpha value is -0.980. The molecular weight excluding hydrogens is 452 g/mol. The summed E-state index contributed by atoms with van der Waals surface area (Å²) in [6.45, 7) is 0. The van der Waals surface area contributed by atoms with Crippen LogP contribution in [0.3, 0.4) is 0 Å². The summed E-state index contributed by atoms with van der Waals surface area (Å²) in [5, 5.41) is 0. The molecule has 0 aliphatic heterocycles.